The zero-order valence-corrected chi connectivity index (χ0v) is 28.1. The SMILES string of the molecule is CC(C)(C)c1ccnc(-c2[c-]cccc2)c1.Cc1cc2c3c(n1)c1[c-]cccc1c1cccc(c13)C2(C)c1ccccc1.[Ir]. The number of nitrogens with zero attached hydrogens (tertiary/aromatic N) is 2. The summed E-state index contributed by atoms with van der Waals surface area (Å²) in [6, 6.07) is 45.0. The Morgan fingerprint density at radius 3 is 2.20 bits per heavy atom. The third-order valence-corrected chi connectivity index (χ3v) is 8.88. The number of aromatic nitrogens is 2. The first-order valence-electron chi connectivity index (χ1n) is 14.9. The van der Waals surface area contributed by atoms with Gasteiger partial charge in [-0.3, -0.25) is 0 Å². The molecule has 1 atom stereocenters. The maximum atomic E-state index is 4.98. The standard InChI is InChI=1S/C26H18N.C15H16N.Ir/c1-16-15-22-24-23-19(18-11-6-7-12-20(18)25(24)27-16)13-8-14-21(23)26(22,2)17-9-4-3-5-10-17;1-15(2,3)13-9-10-16-14(11-13)12-7-5-4-6-8-12;/h3-11,13-15H,1-2H3;4-7,9-11H,1-3H3;/q2*-1;. The Hall–Kier alpha value is -4.17. The molecule has 0 amide bonds. The minimum atomic E-state index is -0.174. The van der Waals surface area contributed by atoms with Crippen molar-refractivity contribution in [1.29, 1.82) is 0 Å². The van der Waals surface area contributed by atoms with Gasteiger partial charge in [0.1, 0.15) is 0 Å². The number of aryl methyl sites for hydroxylation is 1. The molecule has 0 saturated carbocycles. The normalized spacial score (nSPS) is 15.3. The van der Waals surface area contributed by atoms with Crippen LogP contribution in [0.1, 0.15) is 55.6 Å². The van der Waals surface area contributed by atoms with Crippen molar-refractivity contribution in [3.05, 3.63) is 155 Å². The molecule has 44 heavy (non-hydrogen) atoms. The Morgan fingerprint density at radius 2 is 1.45 bits per heavy atom. The van der Waals surface area contributed by atoms with E-state index in [1.165, 1.54) is 43.8 Å². The smallest absolute Gasteiger partial charge is 0.0428 e. The number of benzene rings is 5. The molecular formula is C41H34IrN2-2. The largest absolute Gasteiger partial charge is 0.305 e. The predicted molar refractivity (Wildman–Crippen MR) is 180 cm³/mol. The molecule has 1 unspecified atom stereocenters. The quantitative estimate of drug-likeness (QED) is 0.130. The van der Waals surface area contributed by atoms with E-state index in [1.807, 2.05) is 36.5 Å². The summed E-state index contributed by atoms with van der Waals surface area (Å²) >= 11 is 0. The van der Waals surface area contributed by atoms with E-state index in [9.17, 15) is 0 Å². The van der Waals surface area contributed by atoms with E-state index in [1.54, 1.807) is 0 Å². The fraction of sp³-hybridized carbons (Fsp3) is 0.171. The van der Waals surface area contributed by atoms with Crippen molar-refractivity contribution in [3.8, 4) is 11.3 Å². The summed E-state index contributed by atoms with van der Waals surface area (Å²) < 4.78 is 0. The summed E-state index contributed by atoms with van der Waals surface area (Å²) in [5, 5.41) is 6.32. The summed E-state index contributed by atoms with van der Waals surface area (Å²) in [6.07, 6.45) is 1.87. The number of hydrogen-bond donors (Lipinski definition) is 0. The number of pyridine rings is 2. The van der Waals surface area contributed by atoms with Crippen molar-refractivity contribution in [2.75, 3.05) is 0 Å². The predicted octanol–water partition coefficient (Wildman–Crippen LogP) is 10.2. The number of rotatable bonds is 2. The van der Waals surface area contributed by atoms with E-state index in [2.05, 4.69) is 131 Å². The van der Waals surface area contributed by atoms with Crippen LogP contribution in [0.2, 0.25) is 0 Å². The average Bonchev–Trinajstić information content (AvgIpc) is 3.30. The minimum absolute atomic E-state index is 0. The maximum Gasteiger partial charge on any atom is 0.0428 e. The van der Waals surface area contributed by atoms with Gasteiger partial charge in [0.25, 0.3) is 0 Å². The molecule has 2 heterocycles. The van der Waals surface area contributed by atoms with Crippen molar-refractivity contribution >= 4 is 32.4 Å². The van der Waals surface area contributed by atoms with Crippen LogP contribution in [-0.4, -0.2) is 9.97 Å². The Kier molecular flexibility index (Phi) is 7.74. The van der Waals surface area contributed by atoms with Crippen LogP contribution in [0.25, 0.3) is 43.7 Å². The van der Waals surface area contributed by atoms with Crippen LogP contribution in [-0.2, 0) is 30.9 Å². The Morgan fingerprint density at radius 1 is 0.705 bits per heavy atom. The van der Waals surface area contributed by atoms with Crippen molar-refractivity contribution in [2.24, 2.45) is 0 Å². The van der Waals surface area contributed by atoms with Crippen molar-refractivity contribution in [1.82, 2.24) is 9.97 Å². The first-order chi connectivity index (χ1) is 20.8. The monoisotopic (exact) mass is 747 g/mol. The van der Waals surface area contributed by atoms with Crippen LogP contribution in [0, 0.1) is 19.1 Å². The second kappa shape index (κ2) is 11.4. The van der Waals surface area contributed by atoms with Gasteiger partial charge in [-0.15, -0.1) is 65.5 Å². The molecule has 0 spiro atoms. The van der Waals surface area contributed by atoms with Crippen LogP contribution in [0.4, 0.5) is 0 Å². The van der Waals surface area contributed by atoms with Gasteiger partial charge in [0, 0.05) is 37.4 Å². The summed E-state index contributed by atoms with van der Waals surface area (Å²) in [6.45, 7) is 11.1. The van der Waals surface area contributed by atoms with Crippen LogP contribution in [0.15, 0.2) is 115 Å². The Bertz CT molecular complexity index is 2130. The minimum Gasteiger partial charge on any atom is -0.305 e. The molecule has 0 N–H and O–H groups in total. The first-order valence-corrected chi connectivity index (χ1v) is 14.9. The molecule has 7 aromatic rings. The van der Waals surface area contributed by atoms with Crippen LogP contribution in [0.3, 0.4) is 0 Å². The van der Waals surface area contributed by atoms with Crippen LogP contribution >= 0.6 is 0 Å². The molecule has 8 rings (SSSR count). The van der Waals surface area contributed by atoms with E-state index < -0.39 is 0 Å². The summed E-state index contributed by atoms with van der Waals surface area (Å²) in [5.74, 6) is 0. The van der Waals surface area contributed by atoms with Gasteiger partial charge in [-0.1, -0.05) is 86.1 Å². The van der Waals surface area contributed by atoms with Crippen molar-refractivity contribution < 1.29 is 20.1 Å². The van der Waals surface area contributed by atoms with Crippen LogP contribution < -0.4 is 0 Å². The molecule has 0 aliphatic heterocycles. The first kappa shape index (κ1) is 29.9. The molecular weight excluding hydrogens is 713 g/mol. The maximum absolute atomic E-state index is 4.98. The molecule has 219 valence electrons. The molecule has 1 aliphatic rings. The molecule has 0 saturated heterocycles. The summed E-state index contributed by atoms with van der Waals surface area (Å²) in [7, 11) is 0. The van der Waals surface area contributed by atoms with E-state index in [0.29, 0.717) is 0 Å². The Balaban J connectivity index is 0.000000174. The van der Waals surface area contributed by atoms with E-state index in [0.717, 1.165) is 27.9 Å². The second-order valence-corrected chi connectivity index (χ2v) is 12.7. The Labute approximate surface area is 273 Å². The molecule has 0 bridgehead atoms. The topological polar surface area (TPSA) is 25.8 Å². The van der Waals surface area contributed by atoms with E-state index in [-0.39, 0.29) is 30.9 Å². The van der Waals surface area contributed by atoms with E-state index >= 15 is 0 Å². The molecule has 1 aliphatic carbocycles. The average molecular weight is 747 g/mol. The van der Waals surface area contributed by atoms with Crippen LogP contribution in [0.5, 0.6) is 0 Å². The zero-order valence-electron chi connectivity index (χ0n) is 25.7. The number of fused-ring (bicyclic) bond motifs is 3. The van der Waals surface area contributed by atoms with Gasteiger partial charge >= 0.3 is 0 Å². The third kappa shape index (κ3) is 4.85. The molecule has 5 aromatic carbocycles. The zero-order chi connectivity index (χ0) is 29.8. The molecule has 3 heteroatoms. The van der Waals surface area contributed by atoms with Crippen molar-refractivity contribution in [2.45, 2.75) is 45.4 Å². The van der Waals surface area contributed by atoms with Gasteiger partial charge < -0.3 is 9.97 Å². The van der Waals surface area contributed by atoms with Gasteiger partial charge in [-0.2, -0.15) is 0 Å². The molecule has 2 aromatic heterocycles. The summed E-state index contributed by atoms with van der Waals surface area (Å²) in [5.41, 5.74) is 9.54. The van der Waals surface area contributed by atoms with E-state index in [4.69, 9.17) is 4.98 Å². The summed E-state index contributed by atoms with van der Waals surface area (Å²) in [4.78, 5) is 9.37. The molecule has 0 fully saturated rings. The van der Waals surface area contributed by atoms with Gasteiger partial charge in [0.05, 0.1) is 0 Å². The molecule has 2 nitrogen and oxygen atoms in total. The van der Waals surface area contributed by atoms with Gasteiger partial charge in [0.2, 0.25) is 0 Å². The number of hydrogen-bond acceptors (Lipinski definition) is 2. The van der Waals surface area contributed by atoms with Gasteiger partial charge in [-0.05, 0) is 75.6 Å². The second-order valence-electron chi connectivity index (χ2n) is 12.7. The van der Waals surface area contributed by atoms with Crippen molar-refractivity contribution in [3.63, 3.8) is 0 Å². The fourth-order valence-electron chi connectivity index (χ4n) is 6.65. The fourth-order valence-corrected chi connectivity index (χ4v) is 6.65. The molecule has 1 radical (unpaired) electrons. The van der Waals surface area contributed by atoms with Gasteiger partial charge in [0.15, 0.2) is 0 Å². The van der Waals surface area contributed by atoms with Gasteiger partial charge in [-0.25, -0.2) is 0 Å². The third-order valence-electron chi connectivity index (χ3n) is 8.88.